The van der Waals surface area contributed by atoms with E-state index in [4.69, 9.17) is 9.47 Å². The van der Waals surface area contributed by atoms with Gasteiger partial charge in [-0.3, -0.25) is 4.79 Å². The Bertz CT molecular complexity index is 704. The summed E-state index contributed by atoms with van der Waals surface area (Å²) in [5, 5.41) is 6.09. The lowest BCUT2D eigenvalue weighted by molar-refractivity contribution is -0.116. The maximum absolute atomic E-state index is 12.9. The number of carbonyl (C=O) groups is 1. The molecule has 0 spiro atoms. The van der Waals surface area contributed by atoms with Gasteiger partial charge in [0.25, 0.3) is 0 Å². The van der Waals surface area contributed by atoms with Gasteiger partial charge in [-0.25, -0.2) is 4.39 Å². The summed E-state index contributed by atoms with van der Waals surface area (Å²) in [5.41, 5.74) is 1.53. The normalized spacial score (nSPS) is 11.7. The predicted molar refractivity (Wildman–Crippen MR) is 95.5 cm³/mol. The maximum Gasteiger partial charge on any atom is 0.226 e. The van der Waals surface area contributed by atoms with Crippen LogP contribution < -0.4 is 20.1 Å². The topological polar surface area (TPSA) is 59.6 Å². The Morgan fingerprint density at radius 3 is 2.48 bits per heavy atom. The highest BCUT2D eigenvalue weighted by Gasteiger charge is 2.12. The molecule has 0 aliphatic rings. The van der Waals surface area contributed by atoms with Crippen LogP contribution in [0.5, 0.6) is 11.5 Å². The van der Waals surface area contributed by atoms with Gasteiger partial charge < -0.3 is 20.1 Å². The van der Waals surface area contributed by atoms with Crippen LogP contribution in [0.4, 0.5) is 10.1 Å². The van der Waals surface area contributed by atoms with E-state index in [1.54, 1.807) is 44.6 Å². The predicted octanol–water partition coefficient (Wildman–Crippen LogP) is 3.35. The number of hydrogen-bond donors (Lipinski definition) is 2. The van der Waals surface area contributed by atoms with Gasteiger partial charge in [-0.15, -0.1) is 0 Å². The summed E-state index contributed by atoms with van der Waals surface area (Å²) < 4.78 is 23.3. The van der Waals surface area contributed by atoms with Gasteiger partial charge in [-0.05, 0) is 36.8 Å². The maximum atomic E-state index is 12.9. The number of rotatable bonds is 8. The van der Waals surface area contributed by atoms with Gasteiger partial charge >= 0.3 is 0 Å². The smallest absolute Gasteiger partial charge is 0.226 e. The first kappa shape index (κ1) is 18.7. The highest BCUT2D eigenvalue weighted by Crippen LogP contribution is 2.29. The van der Waals surface area contributed by atoms with Crippen molar-refractivity contribution in [3.63, 3.8) is 0 Å². The van der Waals surface area contributed by atoms with Crippen molar-refractivity contribution in [2.75, 3.05) is 19.5 Å². The summed E-state index contributed by atoms with van der Waals surface area (Å²) in [6.07, 6.45) is 0.293. The van der Waals surface area contributed by atoms with Crippen molar-refractivity contribution >= 4 is 11.6 Å². The Labute approximate surface area is 147 Å². The lowest BCUT2D eigenvalue weighted by Crippen LogP contribution is -2.30. The fourth-order valence-electron chi connectivity index (χ4n) is 2.36. The van der Waals surface area contributed by atoms with Gasteiger partial charge in [0.15, 0.2) is 0 Å². The first-order chi connectivity index (χ1) is 12.0. The van der Waals surface area contributed by atoms with Gasteiger partial charge in [0.05, 0.1) is 19.9 Å². The molecule has 0 aliphatic carbocycles. The molecule has 2 aromatic carbocycles. The second kappa shape index (κ2) is 9.03. The van der Waals surface area contributed by atoms with Crippen LogP contribution in [0, 0.1) is 5.82 Å². The van der Waals surface area contributed by atoms with Crippen molar-refractivity contribution in [3.05, 3.63) is 53.8 Å². The molecule has 5 nitrogen and oxygen atoms in total. The van der Waals surface area contributed by atoms with Crippen LogP contribution >= 0.6 is 0 Å². The highest BCUT2D eigenvalue weighted by atomic mass is 19.1. The number of benzene rings is 2. The molecule has 134 valence electrons. The lowest BCUT2D eigenvalue weighted by Gasteiger charge is -2.15. The van der Waals surface area contributed by atoms with E-state index < -0.39 is 0 Å². The third-order valence-corrected chi connectivity index (χ3v) is 3.74. The molecule has 1 unspecified atom stereocenters. The van der Waals surface area contributed by atoms with Gasteiger partial charge in [-0.2, -0.15) is 0 Å². The summed E-state index contributed by atoms with van der Waals surface area (Å²) in [6.45, 7) is 2.49. The number of anilines is 1. The van der Waals surface area contributed by atoms with Crippen molar-refractivity contribution in [1.29, 1.82) is 0 Å². The summed E-state index contributed by atoms with van der Waals surface area (Å²) >= 11 is 0. The van der Waals surface area contributed by atoms with Crippen LogP contribution in [-0.2, 0) is 11.3 Å². The molecule has 0 fully saturated rings. The third kappa shape index (κ3) is 5.76. The number of halogens is 1. The Kier molecular flexibility index (Phi) is 6.77. The first-order valence-corrected chi connectivity index (χ1v) is 8.01. The van der Waals surface area contributed by atoms with Crippen LogP contribution in [-0.4, -0.2) is 26.2 Å². The quantitative estimate of drug-likeness (QED) is 0.770. The van der Waals surface area contributed by atoms with E-state index in [1.165, 1.54) is 12.1 Å². The molecule has 0 aliphatic heterocycles. The van der Waals surface area contributed by atoms with Crippen LogP contribution in [0.15, 0.2) is 42.5 Å². The van der Waals surface area contributed by atoms with Gasteiger partial charge in [0.1, 0.15) is 17.3 Å². The van der Waals surface area contributed by atoms with E-state index in [9.17, 15) is 9.18 Å². The molecule has 0 heterocycles. The Hall–Kier alpha value is -2.60. The average Bonchev–Trinajstić information content (AvgIpc) is 2.61. The molecule has 25 heavy (non-hydrogen) atoms. The molecule has 2 aromatic rings. The first-order valence-electron chi connectivity index (χ1n) is 8.01. The Morgan fingerprint density at radius 1 is 1.12 bits per heavy atom. The van der Waals surface area contributed by atoms with E-state index in [0.717, 1.165) is 5.56 Å². The lowest BCUT2D eigenvalue weighted by atomic mass is 10.1. The largest absolute Gasteiger partial charge is 0.497 e. The third-order valence-electron chi connectivity index (χ3n) is 3.74. The minimum absolute atomic E-state index is 0.0401. The van der Waals surface area contributed by atoms with Crippen molar-refractivity contribution in [3.8, 4) is 11.5 Å². The van der Waals surface area contributed by atoms with E-state index >= 15 is 0 Å². The zero-order valence-corrected chi connectivity index (χ0v) is 14.6. The molecule has 2 N–H and O–H groups in total. The minimum atomic E-state index is -0.261. The number of nitrogens with one attached hydrogen (secondary N) is 2. The second-order valence-electron chi connectivity index (χ2n) is 5.73. The number of hydrogen-bond acceptors (Lipinski definition) is 4. The molecule has 2 rings (SSSR count). The molecule has 0 saturated heterocycles. The fraction of sp³-hybridized carbons (Fsp3) is 0.316. The fourth-order valence-corrected chi connectivity index (χ4v) is 2.36. The second-order valence-corrected chi connectivity index (χ2v) is 5.73. The van der Waals surface area contributed by atoms with E-state index in [2.05, 4.69) is 10.6 Å². The van der Waals surface area contributed by atoms with Crippen molar-refractivity contribution in [1.82, 2.24) is 5.32 Å². The van der Waals surface area contributed by atoms with Crippen LogP contribution in [0.3, 0.4) is 0 Å². The van der Waals surface area contributed by atoms with Crippen molar-refractivity contribution in [2.45, 2.75) is 25.9 Å². The molecular weight excluding hydrogens is 323 g/mol. The van der Waals surface area contributed by atoms with E-state index in [-0.39, 0.29) is 17.8 Å². The van der Waals surface area contributed by atoms with Gasteiger partial charge in [0, 0.05) is 25.1 Å². The summed E-state index contributed by atoms with van der Waals surface area (Å²) in [5.74, 6) is 0.814. The molecule has 0 radical (unpaired) electrons. The zero-order valence-electron chi connectivity index (χ0n) is 14.6. The average molecular weight is 346 g/mol. The minimum Gasteiger partial charge on any atom is -0.497 e. The Balaban J connectivity index is 1.87. The highest BCUT2D eigenvalue weighted by molar-refractivity contribution is 5.92. The summed E-state index contributed by atoms with van der Waals surface area (Å²) in [4.78, 5) is 12.2. The summed E-state index contributed by atoms with van der Waals surface area (Å²) in [6, 6.07) is 11.5. The monoisotopic (exact) mass is 346 g/mol. The van der Waals surface area contributed by atoms with Crippen LogP contribution in [0.25, 0.3) is 0 Å². The summed E-state index contributed by atoms with van der Waals surface area (Å²) in [7, 11) is 3.11. The molecule has 0 saturated carbocycles. The van der Waals surface area contributed by atoms with Crippen LogP contribution in [0.1, 0.15) is 18.9 Å². The van der Waals surface area contributed by atoms with Gasteiger partial charge in [-0.1, -0.05) is 12.1 Å². The number of methoxy groups -OCH3 is 2. The number of carbonyl (C=O) groups excluding carboxylic acids is 1. The molecule has 6 heteroatoms. The number of amides is 1. The molecular formula is C19H23FN2O3. The van der Waals surface area contributed by atoms with Crippen molar-refractivity contribution < 1.29 is 18.7 Å². The van der Waals surface area contributed by atoms with Crippen LogP contribution in [0.2, 0.25) is 0 Å². The standard InChI is InChI=1S/C19H23FN2O3/c1-13(21-12-14-4-6-15(20)7-5-14)10-19(23)22-17-11-16(24-2)8-9-18(17)25-3/h4-9,11,13,21H,10,12H2,1-3H3,(H,22,23). The molecule has 1 amide bonds. The zero-order chi connectivity index (χ0) is 18.2. The number of ether oxygens (including phenoxy) is 2. The molecule has 1 atom stereocenters. The van der Waals surface area contributed by atoms with Gasteiger partial charge in [0.2, 0.25) is 5.91 Å². The SMILES string of the molecule is COc1ccc(OC)c(NC(=O)CC(C)NCc2ccc(F)cc2)c1. The van der Waals surface area contributed by atoms with E-state index in [1.807, 2.05) is 6.92 Å². The molecule has 0 bridgehead atoms. The Morgan fingerprint density at radius 2 is 1.84 bits per heavy atom. The van der Waals surface area contributed by atoms with E-state index in [0.29, 0.717) is 30.2 Å². The molecule has 0 aromatic heterocycles. The van der Waals surface area contributed by atoms with Crippen molar-refractivity contribution in [2.24, 2.45) is 0 Å².